The molecule has 33 heavy (non-hydrogen) atoms. The molecule has 1 aromatic heterocycles. The van der Waals surface area contributed by atoms with Crippen LogP contribution in [0.5, 0.6) is 11.5 Å². The van der Waals surface area contributed by atoms with Gasteiger partial charge >= 0.3 is 5.97 Å². The summed E-state index contributed by atoms with van der Waals surface area (Å²) in [5, 5.41) is 3.60. The monoisotopic (exact) mass is 473 g/mol. The number of fused-ring (bicyclic) bond motifs is 1. The van der Waals surface area contributed by atoms with E-state index in [-0.39, 0.29) is 17.3 Å². The zero-order valence-corrected chi connectivity index (χ0v) is 21.3. The molecular weight excluding hydrogens is 438 g/mol. The van der Waals surface area contributed by atoms with E-state index in [2.05, 4.69) is 26.1 Å². The fraction of sp³-hybridized carbons (Fsp3) is 0.538. The molecule has 6 nitrogen and oxygen atoms in total. The quantitative estimate of drug-likeness (QED) is 0.501. The summed E-state index contributed by atoms with van der Waals surface area (Å²) in [6.45, 7) is 9.26. The molecule has 0 saturated heterocycles. The van der Waals surface area contributed by atoms with Gasteiger partial charge in [0.1, 0.15) is 5.00 Å². The Hall–Kier alpha value is -2.54. The van der Waals surface area contributed by atoms with Gasteiger partial charge < -0.3 is 19.5 Å². The number of anilines is 1. The highest BCUT2D eigenvalue weighted by Gasteiger charge is 2.34. The molecule has 1 amide bonds. The smallest absolute Gasteiger partial charge is 0.341 e. The molecule has 0 bridgehead atoms. The van der Waals surface area contributed by atoms with Crippen molar-refractivity contribution in [3.8, 4) is 11.5 Å². The molecule has 1 aliphatic rings. The molecule has 1 heterocycles. The fourth-order valence-electron chi connectivity index (χ4n) is 4.32. The highest BCUT2D eigenvalue weighted by molar-refractivity contribution is 7.17. The van der Waals surface area contributed by atoms with E-state index >= 15 is 0 Å². The number of aryl methyl sites for hydroxylation is 1. The topological polar surface area (TPSA) is 73.9 Å². The van der Waals surface area contributed by atoms with Crippen LogP contribution in [-0.4, -0.2) is 32.7 Å². The van der Waals surface area contributed by atoms with Crippen molar-refractivity contribution in [2.75, 3.05) is 26.1 Å². The van der Waals surface area contributed by atoms with Crippen LogP contribution in [0.25, 0.3) is 0 Å². The van der Waals surface area contributed by atoms with Gasteiger partial charge in [-0.15, -0.1) is 11.3 Å². The van der Waals surface area contributed by atoms with Gasteiger partial charge in [-0.05, 0) is 67.2 Å². The molecule has 1 aliphatic carbocycles. The summed E-state index contributed by atoms with van der Waals surface area (Å²) in [7, 11) is 2.99. The number of esters is 1. The lowest BCUT2D eigenvalue weighted by Crippen LogP contribution is -2.26. The van der Waals surface area contributed by atoms with Crippen LogP contribution >= 0.6 is 11.3 Å². The van der Waals surface area contributed by atoms with Gasteiger partial charge in [0.25, 0.3) is 0 Å². The number of ether oxygens (including phenoxy) is 3. The Bertz CT molecular complexity index is 1000. The van der Waals surface area contributed by atoms with Crippen molar-refractivity contribution in [3.05, 3.63) is 39.8 Å². The zero-order valence-electron chi connectivity index (χ0n) is 20.5. The molecule has 0 saturated carbocycles. The molecule has 1 atom stereocenters. The third-order valence-electron chi connectivity index (χ3n) is 6.30. The second-order valence-electron chi connectivity index (χ2n) is 9.47. The van der Waals surface area contributed by atoms with Crippen molar-refractivity contribution in [1.82, 2.24) is 0 Å². The van der Waals surface area contributed by atoms with E-state index in [1.165, 1.54) is 23.3 Å². The van der Waals surface area contributed by atoms with Crippen molar-refractivity contribution in [3.63, 3.8) is 0 Å². The lowest BCUT2D eigenvalue weighted by atomic mass is 9.72. The van der Waals surface area contributed by atoms with Gasteiger partial charge in [0.05, 0.1) is 26.4 Å². The second-order valence-corrected chi connectivity index (χ2v) is 10.6. The summed E-state index contributed by atoms with van der Waals surface area (Å²) in [6, 6.07) is 5.70. The molecule has 0 aliphatic heterocycles. The van der Waals surface area contributed by atoms with Crippen molar-refractivity contribution < 1.29 is 23.8 Å². The molecule has 0 spiro atoms. The molecule has 3 rings (SSSR count). The largest absolute Gasteiger partial charge is 0.493 e. The van der Waals surface area contributed by atoms with Crippen molar-refractivity contribution in [2.24, 2.45) is 11.3 Å². The Morgan fingerprint density at radius 3 is 2.58 bits per heavy atom. The number of methoxy groups -OCH3 is 2. The van der Waals surface area contributed by atoms with E-state index in [1.54, 1.807) is 7.11 Å². The molecular formula is C26H35NO5S. The summed E-state index contributed by atoms with van der Waals surface area (Å²) >= 11 is 1.52. The second kappa shape index (κ2) is 10.6. The number of benzene rings is 1. The molecule has 1 N–H and O–H groups in total. The van der Waals surface area contributed by atoms with Crippen LogP contribution in [-0.2, 0) is 28.8 Å². The molecule has 0 radical (unpaired) electrons. The molecule has 1 unspecified atom stereocenters. The highest BCUT2D eigenvalue weighted by atomic mass is 32.1. The van der Waals surface area contributed by atoms with Crippen LogP contribution in [0, 0.1) is 11.3 Å². The molecule has 1 aromatic carbocycles. The maximum atomic E-state index is 12.8. The van der Waals surface area contributed by atoms with E-state index in [0.717, 1.165) is 30.4 Å². The molecule has 2 aromatic rings. The minimum atomic E-state index is -0.381. The SMILES string of the molecule is CCOc1ccc(CCC(=O)Nc2sc3c(c2C(=O)OC)CCC(C(C)(C)C)C3)cc1OC. The van der Waals surface area contributed by atoms with Crippen LogP contribution in [0.15, 0.2) is 18.2 Å². The number of carbonyl (C=O) groups excluding carboxylic acids is 2. The van der Waals surface area contributed by atoms with Crippen LogP contribution in [0.3, 0.4) is 0 Å². The van der Waals surface area contributed by atoms with Gasteiger partial charge in [0, 0.05) is 11.3 Å². The Morgan fingerprint density at radius 1 is 1.18 bits per heavy atom. The highest BCUT2D eigenvalue weighted by Crippen LogP contribution is 2.44. The van der Waals surface area contributed by atoms with Crippen molar-refractivity contribution in [1.29, 1.82) is 0 Å². The number of nitrogens with one attached hydrogen (secondary N) is 1. The Labute approximate surface area is 200 Å². The van der Waals surface area contributed by atoms with Crippen molar-refractivity contribution in [2.45, 2.75) is 59.8 Å². The Balaban J connectivity index is 1.73. The van der Waals surface area contributed by atoms with E-state index in [0.29, 0.717) is 47.4 Å². The summed E-state index contributed by atoms with van der Waals surface area (Å²) in [4.78, 5) is 26.6. The Kier molecular flexibility index (Phi) is 8.05. The maximum Gasteiger partial charge on any atom is 0.341 e. The average Bonchev–Trinajstić information content (AvgIpc) is 3.14. The molecule has 0 fully saturated rings. The number of carbonyl (C=O) groups is 2. The standard InChI is InChI=1S/C26H35NO5S/c1-7-32-19-12-8-16(14-20(19)30-5)9-13-22(28)27-24-23(25(29)31-6)18-11-10-17(26(2,3)4)15-21(18)33-24/h8,12,14,17H,7,9-11,13,15H2,1-6H3,(H,27,28). The zero-order chi connectivity index (χ0) is 24.2. The summed E-state index contributed by atoms with van der Waals surface area (Å²) < 4.78 is 16.0. The average molecular weight is 474 g/mol. The number of hydrogen-bond donors (Lipinski definition) is 1. The molecule has 7 heteroatoms. The number of hydrogen-bond acceptors (Lipinski definition) is 6. The van der Waals surface area contributed by atoms with E-state index in [1.807, 2.05) is 25.1 Å². The minimum absolute atomic E-state index is 0.126. The third-order valence-corrected chi connectivity index (χ3v) is 7.47. The van der Waals surface area contributed by atoms with Crippen LogP contribution in [0.2, 0.25) is 0 Å². The fourth-order valence-corrected chi connectivity index (χ4v) is 5.65. The van der Waals surface area contributed by atoms with Gasteiger partial charge in [-0.25, -0.2) is 4.79 Å². The number of amides is 1. The summed E-state index contributed by atoms with van der Waals surface area (Å²) in [5.74, 6) is 1.38. The normalized spacial score (nSPS) is 15.5. The third kappa shape index (κ3) is 5.88. The minimum Gasteiger partial charge on any atom is -0.493 e. The number of thiophene rings is 1. The first-order valence-corrected chi connectivity index (χ1v) is 12.3. The van der Waals surface area contributed by atoms with E-state index in [4.69, 9.17) is 14.2 Å². The first-order chi connectivity index (χ1) is 15.7. The first kappa shape index (κ1) is 25.1. The number of rotatable bonds is 8. The van der Waals surface area contributed by atoms with Crippen LogP contribution < -0.4 is 14.8 Å². The Morgan fingerprint density at radius 2 is 1.94 bits per heavy atom. The van der Waals surface area contributed by atoms with Gasteiger partial charge in [-0.3, -0.25) is 4.79 Å². The lowest BCUT2D eigenvalue weighted by Gasteiger charge is -2.33. The predicted octanol–water partition coefficient (Wildman–Crippen LogP) is 5.66. The maximum absolute atomic E-state index is 12.8. The summed E-state index contributed by atoms with van der Waals surface area (Å²) in [5.41, 5.74) is 2.76. The van der Waals surface area contributed by atoms with Gasteiger partial charge in [-0.2, -0.15) is 0 Å². The predicted molar refractivity (Wildman–Crippen MR) is 132 cm³/mol. The van der Waals surface area contributed by atoms with Gasteiger partial charge in [0.2, 0.25) is 5.91 Å². The van der Waals surface area contributed by atoms with Crippen LogP contribution in [0.4, 0.5) is 5.00 Å². The van der Waals surface area contributed by atoms with Crippen molar-refractivity contribution >= 4 is 28.2 Å². The molecule has 180 valence electrons. The lowest BCUT2D eigenvalue weighted by molar-refractivity contribution is -0.116. The van der Waals surface area contributed by atoms with Gasteiger partial charge in [0.15, 0.2) is 11.5 Å². The first-order valence-electron chi connectivity index (χ1n) is 11.5. The van der Waals surface area contributed by atoms with E-state index < -0.39 is 0 Å². The van der Waals surface area contributed by atoms with Crippen LogP contribution in [0.1, 0.15) is 66.9 Å². The van der Waals surface area contributed by atoms with Gasteiger partial charge in [-0.1, -0.05) is 26.8 Å². The van der Waals surface area contributed by atoms with E-state index in [9.17, 15) is 9.59 Å². The summed E-state index contributed by atoms with van der Waals surface area (Å²) in [6.07, 6.45) is 3.64.